The summed E-state index contributed by atoms with van der Waals surface area (Å²) in [7, 11) is -1.00. The monoisotopic (exact) mass is 595 g/mol. The number of anilines is 1. The van der Waals surface area contributed by atoms with Crippen LogP contribution in [0.25, 0.3) is 10.1 Å². The number of nitrogens with zero attached hydrogens (tertiary/aromatic N) is 1. The number of likely N-dealkylation sites (tertiary alicyclic amines) is 1. The normalized spacial score (nSPS) is 18.3. The van der Waals surface area contributed by atoms with Gasteiger partial charge in [-0.2, -0.15) is 13.2 Å². The molecule has 1 aliphatic rings. The van der Waals surface area contributed by atoms with E-state index in [2.05, 4.69) is 17.2 Å². The molecule has 2 atom stereocenters. The summed E-state index contributed by atoms with van der Waals surface area (Å²) in [6, 6.07) is 9.11. The molecule has 0 radical (unpaired) electrons. The third-order valence-electron chi connectivity index (χ3n) is 6.61. The quantitative estimate of drug-likeness (QED) is 0.222. The van der Waals surface area contributed by atoms with Gasteiger partial charge in [0.1, 0.15) is 25.7 Å². The second kappa shape index (κ2) is 11.8. The van der Waals surface area contributed by atoms with Gasteiger partial charge in [0.25, 0.3) is 5.91 Å². The molecule has 0 unspecified atom stereocenters. The zero-order chi connectivity index (χ0) is 29.2. The van der Waals surface area contributed by atoms with Crippen molar-refractivity contribution in [3.05, 3.63) is 52.4 Å². The van der Waals surface area contributed by atoms with Gasteiger partial charge in [-0.1, -0.05) is 30.0 Å². The molecule has 1 aliphatic heterocycles. The molecule has 2 heterocycles. The number of alkyl halides is 4. The van der Waals surface area contributed by atoms with E-state index in [1.54, 1.807) is 30.3 Å². The number of benzene rings is 2. The fourth-order valence-corrected chi connectivity index (χ4v) is 6.99. The Morgan fingerprint density at radius 1 is 1.25 bits per heavy atom. The van der Waals surface area contributed by atoms with Crippen LogP contribution in [0.15, 0.2) is 36.4 Å². The number of carbonyl (C=O) groups is 1. The lowest BCUT2D eigenvalue weighted by atomic mass is 10.0. The van der Waals surface area contributed by atoms with Crippen molar-refractivity contribution >= 4 is 45.5 Å². The van der Waals surface area contributed by atoms with Crippen molar-refractivity contribution in [2.24, 2.45) is 5.73 Å². The number of halogens is 4. The van der Waals surface area contributed by atoms with E-state index in [0.29, 0.717) is 34.0 Å². The predicted octanol–water partition coefficient (Wildman–Crippen LogP) is 5.24. The van der Waals surface area contributed by atoms with Gasteiger partial charge in [0.05, 0.1) is 38.6 Å². The minimum absolute atomic E-state index is 0.0358. The van der Waals surface area contributed by atoms with Crippen molar-refractivity contribution in [3.63, 3.8) is 0 Å². The van der Waals surface area contributed by atoms with Gasteiger partial charge in [0.15, 0.2) is 0 Å². The smallest absolute Gasteiger partial charge is 0.393 e. The maximum Gasteiger partial charge on any atom is 0.393 e. The van der Waals surface area contributed by atoms with E-state index in [1.165, 1.54) is 19.4 Å². The van der Waals surface area contributed by atoms with Gasteiger partial charge in [-0.25, -0.2) is 4.39 Å². The molecule has 12 heteroatoms. The van der Waals surface area contributed by atoms with E-state index in [0.717, 1.165) is 11.3 Å². The highest BCUT2D eigenvalue weighted by Gasteiger charge is 2.32. The van der Waals surface area contributed by atoms with Crippen LogP contribution in [0.1, 0.15) is 27.2 Å². The molecule has 0 aliphatic carbocycles. The zero-order valence-corrected chi connectivity index (χ0v) is 24.0. The first kappa shape index (κ1) is 29.9. The SMILES string of the molecule is CN1CC[C@@H](Nc2cccc3c(CC(F)(F)F)c(C#CCOc4c(C(N)=O)cccc4P(C)(C)=O)sc23)[C@@H](F)C1. The van der Waals surface area contributed by atoms with Crippen LogP contribution >= 0.6 is 18.5 Å². The lowest BCUT2D eigenvalue weighted by Gasteiger charge is -2.33. The van der Waals surface area contributed by atoms with Crippen LogP contribution in [0.4, 0.5) is 23.2 Å². The van der Waals surface area contributed by atoms with Crippen LogP contribution in [0.5, 0.6) is 5.75 Å². The fraction of sp³-hybridized carbons (Fsp3) is 0.393. The molecule has 214 valence electrons. The topological polar surface area (TPSA) is 84.7 Å². The minimum Gasteiger partial charge on any atom is -0.479 e. The summed E-state index contributed by atoms with van der Waals surface area (Å²) in [5.74, 6) is 4.82. The Hall–Kier alpha value is -3.06. The number of carbonyl (C=O) groups excluding carboxylic acids is 1. The van der Waals surface area contributed by atoms with E-state index in [4.69, 9.17) is 10.5 Å². The van der Waals surface area contributed by atoms with Crippen LogP contribution in [-0.4, -0.2) is 69.3 Å². The molecule has 1 saturated heterocycles. The van der Waals surface area contributed by atoms with Gasteiger partial charge in [-0.05, 0) is 55.9 Å². The largest absolute Gasteiger partial charge is 0.479 e. The molecule has 3 aromatic rings. The van der Waals surface area contributed by atoms with Crippen molar-refractivity contribution in [1.82, 2.24) is 4.90 Å². The molecule has 3 N–H and O–H groups in total. The molecular weight excluding hydrogens is 565 g/mol. The number of nitrogens with one attached hydrogen (secondary N) is 1. The van der Waals surface area contributed by atoms with Crippen LogP contribution in [0.3, 0.4) is 0 Å². The number of thiophene rings is 1. The van der Waals surface area contributed by atoms with Gasteiger partial charge in [-0.15, -0.1) is 11.3 Å². The third-order valence-corrected chi connectivity index (χ3v) is 9.32. The van der Waals surface area contributed by atoms with Crippen LogP contribution in [0, 0.1) is 11.8 Å². The maximum absolute atomic E-state index is 14.7. The second-order valence-electron chi connectivity index (χ2n) is 10.2. The lowest BCUT2D eigenvalue weighted by molar-refractivity contribution is -0.126. The summed E-state index contributed by atoms with van der Waals surface area (Å²) in [5.41, 5.74) is 6.10. The molecule has 0 saturated carbocycles. The molecule has 6 nitrogen and oxygen atoms in total. The van der Waals surface area contributed by atoms with E-state index < -0.39 is 37.9 Å². The molecule has 4 rings (SSSR count). The van der Waals surface area contributed by atoms with Crippen molar-refractivity contribution in [2.75, 3.05) is 45.4 Å². The first-order chi connectivity index (χ1) is 18.7. The average molecular weight is 596 g/mol. The van der Waals surface area contributed by atoms with Gasteiger partial charge in [-0.3, -0.25) is 4.79 Å². The average Bonchev–Trinajstić information content (AvgIpc) is 3.19. The van der Waals surface area contributed by atoms with E-state index in [1.807, 2.05) is 11.9 Å². The Kier molecular flexibility index (Phi) is 8.83. The number of hydrogen-bond acceptors (Lipinski definition) is 6. The molecule has 1 aromatic heterocycles. The molecular formula is C28H30F4N3O3PS. The van der Waals surface area contributed by atoms with Crippen molar-refractivity contribution in [2.45, 2.75) is 31.2 Å². The molecule has 0 bridgehead atoms. The summed E-state index contributed by atoms with van der Waals surface area (Å²) >= 11 is 1.10. The Bertz CT molecular complexity index is 1520. The number of ether oxygens (including phenoxy) is 1. The van der Waals surface area contributed by atoms with Gasteiger partial charge < -0.3 is 25.3 Å². The minimum atomic E-state index is -4.47. The van der Waals surface area contributed by atoms with E-state index in [9.17, 15) is 26.9 Å². The van der Waals surface area contributed by atoms with Crippen molar-refractivity contribution < 1.29 is 31.7 Å². The molecule has 1 amide bonds. The number of para-hydroxylation sites is 1. The molecule has 40 heavy (non-hydrogen) atoms. The second-order valence-corrected chi connectivity index (χ2v) is 14.4. The van der Waals surface area contributed by atoms with Crippen LogP contribution < -0.4 is 21.1 Å². The zero-order valence-electron chi connectivity index (χ0n) is 22.3. The summed E-state index contributed by atoms with van der Waals surface area (Å²) in [5, 5.41) is 3.93. The van der Waals surface area contributed by atoms with E-state index in [-0.39, 0.29) is 34.9 Å². The fourth-order valence-electron chi connectivity index (χ4n) is 4.70. The highest BCUT2D eigenvalue weighted by molar-refractivity contribution is 7.70. The summed E-state index contributed by atoms with van der Waals surface area (Å²) < 4.78 is 74.4. The number of amides is 1. The molecule has 0 spiro atoms. The molecule has 2 aromatic carbocycles. The van der Waals surface area contributed by atoms with Crippen LogP contribution in [0.2, 0.25) is 0 Å². The first-order valence-electron chi connectivity index (χ1n) is 12.5. The maximum atomic E-state index is 14.7. The van der Waals surface area contributed by atoms with Gasteiger partial charge in [0, 0.05) is 13.1 Å². The summed E-state index contributed by atoms with van der Waals surface area (Å²) in [4.78, 5) is 14.0. The first-order valence-corrected chi connectivity index (χ1v) is 16.0. The number of primary amides is 1. The molecule has 1 fully saturated rings. The Morgan fingerprint density at radius 2 is 1.98 bits per heavy atom. The van der Waals surface area contributed by atoms with Gasteiger partial charge >= 0.3 is 6.18 Å². The highest BCUT2D eigenvalue weighted by Crippen LogP contribution is 2.41. The van der Waals surface area contributed by atoms with E-state index >= 15 is 0 Å². The van der Waals surface area contributed by atoms with Crippen LogP contribution in [-0.2, 0) is 11.0 Å². The number of hydrogen-bond donors (Lipinski definition) is 2. The lowest BCUT2D eigenvalue weighted by Crippen LogP contribution is -2.46. The Morgan fingerprint density at radius 3 is 2.62 bits per heavy atom. The van der Waals surface area contributed by atoms with Crippen molar-refractivity contribution in [1.29, 1.82) is 0 Å². The van der Waals surface area contributed by atoms with Gasteiger partial charge in [0.2, 0.25) is 0 Å². The Balaban J connectivity index is 1.67. The highest BCUT2D eigenvalue weighted by atomic mass is 32.1. The van der Waals surface area contributed by atoms with Crippen molar-refractivity contribution in [3.8, 4) is 17.6 Å². The number of piperidine rings is 1. The third kappa shape index (κ3) is 6.98. The summed E-state index contributed by atoms with van der Waals surface area (Å²) in [6.07, 6.45) is -6.20. The number of rotatable bonds is 7. The standard InChI is InChI=1S/C28H30F4N3O3PS/c1-35-13-12-21(20(29)16-35)34-22-9-4-7-17-19(15-28(30,31)32)24(40-26(17)22)11-6-14-38-25-18(27(33)36)8-5-10-23(25)39(2,3)37/h4-5,7-10,20-21,34H,12-16H2,1-3H3,(H2,33,36)/t20-,21+/m0/s1. The predicted molar refractivity (Wildman–Crippen MR) is 152 cm³/mol. The summed E-state index contributed by atoms with van der Waals surface area (Å²) in [6.45, 7) is 3.76. The number of fused-ring (bicyclic) bond motifs is 1. The Labute approximate surface area is 234 Å². The number of nitrogens with two attached hydrogens (primary N) is 1.